The molecule has 1 amide bonds. The van der Waals surface area contributed by atoms with E-state index in [1.54, 1.807) is 30.5 Å². The molecule has 3 rings (SSSR count). The molecule has 7 heteroatoms. The summed E-state index contributed by atoms with van der Waals surface area (Å²) in [5, 5.41) is 2.02. The lowest BCUT2D eigenvalue weighted by Crippen LogP contribution is -2.34. The molecule has 0 atom stereocenters. The second-order valence-corrected chi connectivity index (χ2v) is 8.24. The molecule has 170 valence electrons. The summed E-state index contributed by atoms with van der Waals surface area (Å²) in [4.78, 5) is 15.7. The molecule has 0 saturated carbocycles. The summed E-state index contributed by atoms with van der Waals surface area (Å²) in [6.45, 7) is 5.36. The molecule has 0 N–H and O–H groups in total. The Bertz CT molecular complexity index is 1020. The van der Waals surface area contributed by atoms with Crippen molar-refractivity contribution in [3.05, 3.63) is 69.9 Å². The fraction of sp³-hybridized carbons (Fsp3) is 0.320. The molecule has 6 nitrogen and oxygen atoms in total. The maximum Gasteiger partial charge on any atom is 0.260 e. The van der Waals surface area contributed by atoms with Crippen molar-refractivity contribution in [3.63, 3.8) is 0 Å². The summed E-state index contributed by atoms with van der Waals surface area (Å²) in [5.74, 6) is 2.38. The number of likely N-dealkylation sites (N-methyl/N-ethyl adjacent to an activating group) is 1. The number of benzene rings is 2. The van der Waals surface area contributed by atoms with Gasteiger partial charge in [0.25, 0.3) is 5.91 Å². The zero-order valence-electron chi connectivity index (χ0n) is 18.9. The van der Waals surface area contributed by atoms with E-state index in [0.717, 1.165) is 16.0 Å². The highest BCUT2D eigenvalue weighted by atomic mass is 32.1. The summed E-state index contributed by atoms with van der Waals surface area (Å²) in [5.41, 5.74) is 2.01. The van der Waals surface area contributed by atoms with Crippen LogP contribution < -0.4 is 18.9 Å². The number of methoxy groups -OCH3 is 2. The van der Waals surface area contributed by atoms with Crippen molar-refractivity contribution in [1.82, 2.24) is 4.90 Å². The van der Waals surface area contributed by atoms with Crippen LogP contribution in [0, 0.1) is 6.92 Å². The molecule has 0 spiro atoms. The number of ether oxygens (including phenoxy) is 4. The minimum atomic E-state index is -0.105. The number of rotatable bonds is 11. The van der Waals surface area contributed by atoms with E-state index in [1.165, 1.54) is 0 Å². The first kappa shape index (κ1) is 23.5. The number of nitrogens with zero attached hydrogens (tertiary/aromatic N) is 1. The molecule has 0 saturated heterocycles. The van der Waals surface area contributed by atoms with Crippen molar-refractivity contribution < 1.29 is 23.7 Å². The summed E-state index contributed by atoms with van der Waals surface area (Å²) in [7, 11) is 3.20. The van der Waals surface area contributed by atoms with Crippen LogP contribution in [-0.2, 0) is 17.9 Å². The van der Waals surface area contributed by atoms with Gasteiger partial charge in [0.2, 0.25) is 0 Å². The normalized spacial score (nSPS) is 10.5. The summed E-state index contributed by atoms with van der Waals surface area (Å²) in [6, 6.07) is 15.4. The van der Waals surface area contributed by atoms with Gasteiger partial charge in [0.15, 0.2) is 29.6 Å². The Morgan fingerprint density at radius 3 is 2.34 bits per heavy atom. The molecule has 0 aliphatic carbocycles. The van der Waals surface area contributed by atoms with Crippen molar-refractivity contribution in [2.75, 3.05) is 27.4 Å². The van der Waals surface area contributed by atoms with Crippen LogP contribution in [0.5, 0.6) is 23.0 Å². The van der Waals surface area contributed by atoms with Crippen LogP contribution in [0.2, 0.25) is 0 Å². The summed E-state index contributed by atoms with van der Waals surface area (Å²) >= 11 is 1.65. The first-order valence-electron chi connectivity index (χ1n) is 10.4. The van der Waals surface area contributed by atoms with E-state index < -0.39 is 0 Å². The standard InChI is InChI=1S/C25H29NO5S/c1-5-26(25(27)17-31-21-10-8-18(2)13-23(21)28-3)15-19-9-11-22(24(14-19)29-4)30-16-20-7-6-12-32-20/h6-14H,5,15-17H2,1-4H3. The number of hydrogen-bond acceptors (Lipinski definition) is 6. The molecule has 0 bridgehead atoms. The number of aryl methyl sites for hydroxylation is 1. The minimum absolute atomic E-state index is 0.0631. The van der Waals surface area contributed by atoms with Crippen molar-refractivity contribution in [3.8, 4) is 23.0 Å². The van der Waals surface area contributed by atoms with Gasteiger partial charge in [-0.05, 0) is 60.7 Å². The fourth-order valence-electron chi connectivity index (χ4n) is 3.19. The van der Waals surface area contributed by atoms with Crippen LogP contribution in [-0.4, -0.2) is 38.2 Å². The maximum atomic E-state index is 12.8. The van der Waals surface area contributed by atoms with Crippen LogP contribution in [0.4, 0.5) is 0 Å². The largest absolute Gasteiger partial charge is 0.493 e. The van der Waals surface area contributed by atoms with Gasteiger partial charge in [-0.15, -0.1) is 11.3 Å². The Morgan fingerprint density at radius 2 is 1.66 bits per heavy atom. The quantitative estimate of drug-likeness (QED) is 0.404. The monoisotopic (exact) mass is 455 g/mol. The van der Waals surface area contributed by atoms with Gasteiger partial charge in [-0.25, -0.2) is 0 Å². The smallest absolute Gasteiger partial charge is 0.260 e. The van der Waals surface area contributed by atoms with Gasteiger partial charge in [-0.1, -0.05) is 18.2 Å². The Kier molecular flexibility index (Phi) is 8.39. The number of amides is 1. The van der Waals surface area contributed by atoms with Gasteiger partial charge in [-0.3, -0.25) is 4.79 Å². The molecule has 2 aromatic carbocycles. The van der Waals surface area contributed by atoms with Gasteiger partial charge in [0.1, 0.15) is 6.61 Å². The average Bonchev–Trinajstić information content (AvgIpc) is 3.34. The third kappa shape index (κ3) is 6.17. The topological polar surface area (TPSA) is 57.2 Å². The molecule has 0 aliphatic heterocycles. The Morgan fingerprint density at radius 1 is 0.938 bits per heavy atom. The third-order valence-electron chi connectivity index (χ3n) is 4.96. The molecule has 0 radical (unpaired) electrons. The molecule has 1 aromatic heterocycles. The molecular formula is C25H29NO5S. The van der Waals surface area contributed by atoms with Gasteiger partial charge in [0.05, 0.1) is 14.2 Å². The molecule has 3 aromatic rings. The van der Waals surface area contributed by atoms with Crippen LogP contribution in [0.3, 0.4) is 0 Å². The fourth-order valence-corrected chi connectivity index (χ4v) is 3.81. The number of hydrogen-bond donors (Lipinski definition) is 0. The van der Waals surface area contributed by atoms with Gasteiger partial charge >= 0.3 is 0 Å². The van der Waals surface area contributed by atoms with E-state index >= 15 is 0 Å². The minimum Gasteiger partial charge on any atom is -0.493 e. The van der Waals surface area contributed by atoms with Crippen molar-refractivity contribution in [1.29, 1.82) is 0 Å². The zero-order chi connectivity index (χ0) is 22.9. The Balaban J connectivity index is 1.62. The summed E-state index contributed by atoms with van der Waals surface area (Å²) < 4.78 is 22.5. The van der Waals surface area contributed by atoms with E-state index in [2.05, 4.69) is 0 Å². The summed E-state index contributed by atoms with van der Waals surface area (Å²) in [6.07, 6.45) is 0. The van der Waals surface area contributed by atoms with Crippen LogP contribution >= 0.6 is 11.3 Å². The predicted octanol–water partition coefficient (Wildman–Crippen LogP) is 5.08. The second kappa shape index (κ2) is 11.4. The molecular weight excluding hydrogens is 426 g/mol. The first-order chi connectivity index (χ1) is 15.5. The third-order valence-corrected chi connectivity index (χ3v) is 5.81. The van der Waals surface area contributed by atoms with Gasteiger partial charge in [0, 0.05) is 18.0 Å². The second-order valence-electron chi connectivity index (χ2n) is 7.20. The van der Waals surface area contributed by atoms with E-state index in [4.69, 9.17) is 18.9 Å². The number of carbonyl (C=O) groups is 1. The molecule has 0 unspecified atom stereocenters. The van der Waals surface area contributed by atoms with Crippen LogP contribution in [0.15, 0.2) is 53.9 Å². The molecule has 0 aliphatic rings. The number of thiophene rings is 1. The highest BCUT2D eigenvalue weighted by Crippen LogP contribution is 2.30. The van der Waals surface area contributed by atoms with E-state index in [1.807, 2.05) is 67.8 Å². The van der Waals surface area contributed by atoms with E-state index in [0.29, 0.717) is 42.7 Å². The zero-order valence-corrected chi connectivity index (χ0v) is 19.7. The lowest BCUT2D eigenvalue weighted by molar-refractivity contribution is -0.133. The van der Waals surface area contributed by atoms with Gasteiger partial charge in [-0.2, -0.15) is 0 Å². The lowest BCUT2D eigenvalue weighted by Gasteiger charge is -2.22. The molecule has 1 heterocycles. The predicted molar refractivity (Wildman–Crippen MR) is 126 cm³/mol. The maximum absolute atomic E-state index is 12.8. The molecule has 32 heavy (non-hydrogen) atoms. The van der Waals surface area contributed by atoms with Crippen LogP contribution in [0.1, 0.15) is 22.9 Å². The number of carbonyl (C=O) groups excluding carboxylic acids is 1. The Labute approximate surface area is 193 Å². The van der Waals surface area contributed by atoms with Gasteiger partial charge < -0.3 is 23.8 Å². The first-order valence-corrected chi connectivity index (χ1v) is 11.3. The Hall–Kier alpha value is -3.19. The van der Waals surface area contributed by atoms with Crippen molar-refractivity contribution >= 4 is 17.2 Å². The van der Waals surface area contributed by atoms with E-state index in [-0.39, 0.29) is 12.5 Å². The van der Waals surface area contributed by atoms with Crippen molar-refractivity contribution in [2.45, 2.75) is 27.0 Å². The van der Waals surface area contributed by atoms with Crippen LogP contribution in [0.25, 0.3) is 0 Å². The lowest BCUT2D eigenvalue weighted by atomic mass is 10.2. The SMILES string of the molecule is CCN(Cc1ccc(OCc2cccs2)c(OC)c1)C(=O)COc1ccc(C)cc1OC. The highest BCUT2D eigenvalue weighted by molar-refractivity contribution is 7.09. The van der Waals surface area contributed by atoms with Crippen molar-refractivity contribution in [2.24, 2.45) is 0 Å². The highest BCUT2D eigenvalue weighted by Gasteiger charge is 2.16. The molecule has 0 fully saturated rings. The van der Waals surface area contributed by atoms with E-state index in [9.17, 15) is 4.79 Å². The average molecular weight is 456 g/mol.